The number of aliphatic hydroxyl groups is 1. The first-order chi connectivity index (χ1) is 19.5. The van der Waals surface area contributed by atoms with Gasteiger partial charge in [0, 0.05) is 34.8 Å². The maximum Gasteiger partial charge on any atom is 0.264 e. The summed E-state index contributed by atoms with van der Waals surface area (Å²) >= 11 is 6.23. The normalized spacial score (nSPS) is 17.6. The Labute approximate surface area is 244 Å². The van der Waals surface area contributed by atoms with Crippen molar-refractivity contribution in [2.75, 3.05) is 6.54 Å². The van der Waals surface area contributed by atoms with Crippen LogP contribution < -0.4 is 10.4 Å². The van der Waals surface area contributed by atoms with E-state index in [0.29, 0.717) is 46.7 Å². The molecule has 9 heteroatoms. The summed E-state index contributed by atoms with van der Waals surface area (Å²) in [5.41, 5.74) is 1.55. The molecule has 1 aliphatic carbocycles. The van der Waals surface area contributed by atoms with Crippen molar-refractivity contribution in [3.63, 3.8) is 0 Å². The number of rotatable bonds is 6. The first-order valence-electron chi connectivity index (χ1n) is 13.7. The third kappa shape index (κ3) is 5.67. The van der Waals surface area contributed by atoms with Crippen LogP contribution in [-0.4, -0.2) is 46.1 Å². The molecule has 2 aliphatic rings. The van der Waals surface area contributed by atoms with E-state index >= 15 is 0 Å². The molecule has 5 rings (SSSR count). The van der Waals surface area contributed by atoms with Crippen LogP contribution >= 0.6 is 11.6 Å². The van der Waals surface area contributed by atoms with Gasteiger partial charge >= 0.3 is 0 Å². The number of amides is 2. The number of carbonyl (C=O) groups excluding carboxylic acids is 2. The van der Waals surface area contributed by atoms with Crippen LogP contribution in [0.15, 0.2) is 71.7 Å². The second kappa shape index (κ2) is 11.2. The van der Waals surface area contributed by atoms with Gasteiger partial charge in [-0.15, -0.1) is 0 Å². The van der Waals surface area contributed by atoms with E-state index in [2.05, 4.69) is 10.3 Å². The van der Waals surface area contributed by atoms with Gasteiger partial charge in [-0.3, -0.25) is 14.6 Å². The maximum absolute atomic E-state index is 14.1. The van der Waals surface area contributed by atoms with Gasteiger partial charge in [0.1, 0.15) is 12.1 Å². The smallest absolute Gasteiger partial charge is 0.264 e. The van der Waals surface area contributed by atoms with Crippen LogP contribution in [-0.2, 0) is 33.0 Å². The van der Waals surface area contributed by atoms with Crippen LogP contribution in [0.1, 0.15) is 55.9 Å². The van der Waals surface area contributed by atoms with Crippen LogP contribution in [0, 0.1) is 0 Å². The van der Waals surface area contributed by atoms with Gasteiger partial charge in [0.15, 0.2) is 5.60 Å². The largest absolute Gasteiger partial charge is 0.595 e. The van der Waals surface area contributed by atoms with Gasteiger partial charge in [0.2, 0.25) is 5.91 Å². The lowest BCUT2D eigenvalue weighted by atomic mass is 9.89. The summed E-state index contributed by atoms with van der Waals surface area (Å²) in [6, 6.07) is 19.1. The maximum atomic E-state index is 14.1. The molecule has 1 aliphatic heterocycles. The first-order valence-corrected chi connectivity index (χ1v) is 14.0. The number of halogens is 1. The van der Waals surface area contributed by atoms with Gasteiger partial charge in [-0.1, -0.05) is 87.0 Å². The highest BCUT2D eigenvalue weighted by atomic mass is 35.5. The SMILES string of the molecule is CC(C)(C)OC([O-])=NCc1ccc(Cl)cc1CNC(=O)[C@@H]1CCCN1C(=O)C1(O)c2ccccc2-c2ccccc21. The average Bonchev–Trinajstić information content (AvgIpc) is 3.53. The number of nitrogens with zero attached hydrogens (tertiary/aromatic N) is 2. The fourth-order valence-corrected chi connectivity index (χ4v) is 5.78. The van der Waals surface area contributed by atoms with Gasteiger partial charge in [0.25, 0.3) is 5.91 Å². The Morgan fingerprint density at radius 1 is 1.07 bits per heavy atom. The zero-order valence-electron chi connectivity index (χ0n) is 23.3. The molecule has 0 aromatic heterocycles. The molecule has 41 heavy (non-hydrogen) atoms. The van der Waals surface area contributed by atoms with Crippen molar-refractivity contribution in [1.82, 2.24) is 10.2 Å². The second-order valence-corrected chi connectivity index (χ2v) is 11.8. The van der Waals surface area contributed by atoms with E-state index in [1.807, 2.05) is 24.3 Å². The highest BCUT2D eigenvalue weighted by molar-refractivity contribution is 6.30. The third-order valence-electron chi connectivity index (χ3n) is 7.44. The van der Waals surface area contributed by atoms with Crippen LogP contribution in [0.5, 0.6) is 0 Å². The fourth-order valence-electron chi connectivity index (χ4n) is 5.59. The summed E-state index contributed by atoms with van der Waals surface area (Å²) in [5.74, 6) is -0.832. The lowest BCUT2D eigenvalue weighted by molar-refractivity contribution is -0.260. The molecular weight excluding hydrogens is 542 g/mol. The highest BCUT2D eigenvalue weighted by Gasteiger charge is 2.52. The number of carbonyl (C=O) groups is 2. The van der Waals surface area contributed by atoms with Crippen molar-refractivity contribution in [2.45, 2.75) is 63.9 Å². The molecule has 3 aromatic rings. The minimum Gasteiger partial charge on any atom is -0.595 e. The topological polar surface area (TPSA) is 114 Å². The Bertz CT molecular complexity index is 1470. The third-order valence-corrected chi connectivity index (χ3v) is 7.68. The van der Waals surface area contributed by atoms with Gasteiger partial charge in [-0.25, -0.2) is 0 Å². The molecule has 0 spiro atoms. The summed E-state index contributed by atoms with van der Waals surface area (Å²) in [4.78, 5) is 33.0. The van der Waals surface area contributed by atoms with E-state index in [4.69, 9.17) is 16.3 Å². The molecule has 214 valence electrons. The Morgan fingerprint density at radius 3 is 2.34 bits per heavy atom. The molecule has 0 radical (unpaired) electrons. The average molecular weight is 575 g/mol. The molecule has 1 heterocycles. The van der Waals surface area contributed by atoms with Crippen LogP contribution in [0.2, 0.25) is 5.02 Å². The van der Waals surface area contributed by atoms with Crippen molar-refractivity contribution in [2.24, 2.45) is 4.99 Å². The van der Waals surface area contributed by atoms with E-state index in [1.54, 1.807) is 63.2 Å². The summed E-state index contributed by atoms with van der Waals surface area (Å²) < 4.78 is 5.26. The first kappa shape index (κ1) is 28.6. The standard InChI is InChI=1S/C32H34ClN3O5/c1-31(2,3)41-30(39)35-18-20-14-15-22(33)17-21(20)19-34-28(37)27-13-8-16-36(27)29(38)32(40)25-11-6-4-9-23(25)24-10-5-7-12-26(24)32/h4-7,9-12,14-15,17,27,40H,8,13,16,18-19H2,1-3H3,(H,34,37)(H,35,39)/p-1/t27-/m0/s1. The van der Waals surface area contributed by atoms with Crippen molar-refractivity contribution >= 4 is 29.5 Å². The van der Waals surface area contributed by atoms with E-state index in [1.165, 1.54) is 4.90 Å². The minimum absolute atomic E-state index is 0.0666. The van der Waals surface area contributed by atoms with Crippen molar-refractivity contribution in [3.8, 4) is 11.1 Å². The lowest BCUT2D eigenvalue weighted by Crippen LogP contribution is -2.52. The Morgan fingerprint density at radius 2 is 1.71 bits per heavy atom. The van der Waals surface area contributed by atoms with Crippen LogP contribution in [0.4, 0.5) is 0 Å². The quantitative estimate of drug-likeness (QED) is 0.342. The molecule has 1 atom stereocenters. The Kier molecular flexibility index (Phi) is 7.81. The zero-order chi connectivity index (χ0) is 29.4. The summed E-state index contributed by atoms with van der Waals surface area (Å²) in [6.07, 6.45) is 0.448. The molecule has 3 aromatic carbocycles. The molecule has 2 N–H and O–H groups in total. The molecule has 0 bridgehead atoms. The molecule has 1 saturated heterocycles. The molecule has 0 unspecified atom stereocenters. The Hall–Kier alpha value is -3.88. The number of hydrogen-bond donors (Lipinski definition) is 2. The van der Waals surface area contributed by atoms with Crippen molar-refractivity contribution < 1.29 is 24.5 Å². The minimum atomic E-state index is -1.88. The molecular formula is C32H33ClN3O5-. The summed E-state index contributed by atoms with van der Waals surface area (Å²) in [7, 11) is 0. The zero-order valence-corrected chi connectivity index (χ0v) is 24.1. The second-order valence-electron chi connectivity index (χ2n) is 11.4. The number of nitrogens with one attached hydrogen (secondary N) is 1. The monoisotopic (exact) mass is 574 g/mol. The molecule has 2 amide bonds. The van der Waals surface area contributed by atoms with Gasteiger partial charge < -0.3 is 25.2 Å². The van der Waals surface area contributed by atoms with E-state index < -0.39 is 29.2 Å². The van der Waals surface area contributed by atoms with E-state index in [0.717, 1.165) is 11.1 Å². The van der Waals surface area contributed by atoms with Crippen molar-refractivity contribution in [1.29, 1.82) is 0 Å². The van der Waals surface area contributed by atoms with Crippen molar-refractivity contribution in [3.05, 3.63) is 94.0 Å². The molecule has 0 saturated carbocycles. The number of hydrogen-bond acceptors (Lipinski definition) is 6. The number of likely N-dealkylation sites (tertiary alicyclic amines) is 1. The van der Waals surface area contributed by atoms with E-state index in [9.17, 15) is 19.8 Å². The van der Waals surface area contributed by atoms with Gasteiger partial charge in [-0.05, 0) is 47.2 Å². The molecule has 8 nitrogen and oxygen atoms in total. The highest BCUT2D eigenvalue weighted by Crippen LogP contribution is 2.48. The summed E-state index contributed by atoms with van der Waals surface area (Å²) in [6.45, 7) is 5.86. The van der Waals surface area contributed by atoms with Crippen LogP contribution in [0.3, 0.4) is 0 Å². The van der Waals surface area contributed by atoms with Gasteiger partial charge in [-0.2, -0.15) is 0 Å². The number of ether oxygens (including phenoxy) is 1. The van der Waals surface area contributed by atoms with Crippen LogP contribution in [0.25, 0.3) is 11.1 Å². The Balaban J connectivity index is 1.33. The predicted octanol–water partition coefficient (Wildman–Crippen LogP) is 3.90. The fraction of sp³-hybridized carbons (Fsp3) is 0.344. The predicted molar refractivity (Wildman–Crippen MR) is 155 cm³/mol. The summed E-state index contributed by atoms with van der Waals surface area (Å²) in [5, 5.41) is 27.5. The van der Waals surface area contributed by atoms with E-state index in [-0.39, 0.29) is 19.0 Å². The number of fused-ring (bicyclic) bond motifs is 3. The van der Waals surface area contributed by atoms with Gasteiger partial charge in [0.05, 0.1) is 6.54 Å². The number of aliphatic imine (C=N–C) groups is 1. The number of benzene rings is 3. The lowest BCUT2D eigenvalue weighted by Gasteiger charge is -2.33. The molecule has 1 fully saturated rings.